The van der Waals surface area contributed by atoms with Crippen molar-refractivity contribution in [2.75, 3.05) is 11.6 Å². The molecule has 2 amide bonds. The molecule has 1 aromatic carbocycles. The third-order valence-electron chi connectivity index (χ3n) is 4.82. The topological polar surface area (TPSA) is 62.3 Å². The highest BCUT2D eigenvalue weighted by Gasteiger charge is 2.36. The van der Waals surface area contributed by atoms with E-state index in [-0.39, 0.29) is 23.8 Å². The van der Waals surface area contributed by atoms with Crippen molar-refractivity contribution in [2.24, 2.45) is 0 Å². The van der Waals surface area contributed by atoms with Crippen LogP contribution in [0.4, 0.5) is 0 Å². The quantitative estimate of drug-likeness (QED) is 0.881. The largest absolute Gasteiger partial charge is 0.350 e. The molecule has 0 spiro atoms. The summed E-state index contributed by atoms with van der Waals surface area (Å²) in [6, 6.07) is 7.58. The van der Waals surface area contributed by atoms with E-state index in [1.54, 1.807) is 16.7 Å². The summed E-state index contributed by atoms with van der Waals surface area (Å²) in [6.45, 7) is 9.85. The van der Waals surface area contributed by atoms with Crippen LogP contribution in [-0.2, 0) is 16.0 Å². The van der Waals surface area contributed by atoms with Gasteiger partial charge in [-0.2, -0.15) is 0 Å². The summed E-state index contributed by atoms with van der Waals surface area (Å²) in [5.74, 6) is 1.10. The van der Waals surface area contributed by atoms with Gasteiger partial charge in [0.1, 0.15) is 6.04 Å². The van der Waals surface area contributed by atoms with Gasteiger partial charge in [0, 0.05) is 22.4 Å². The van der Waals surface area contributed by atoms with Crippen LogP contribution in [0.25, 0.3) is 10.9 Å². The molecule has 27 heavy (non-hydrogen) atoms. The fraction of sp³-hybridized carbons (Fsp3) is 0.476. The summed E-state index contributed by atoms with van der Waals surface area (Å²) >= 11 is 1.62. The van der Waals surface area contributed by atoms with Crippen LogP contribution in [0.2, 0.25) is 0 Å². The number of aromatic nitrogens is 1. The summed E-state index contributed by atoms with van der Waals surface area (Å²) in [5, 5.41) is 4.07. The van der Waals surface area contributed by atoms with E-state index in [0.29, 0.717) is 11.6 Å². The first-order chi connectivity index (χ1) is 12.7. The normalized spacial score (nSPS) is 17.4. The number of aryl methyl sites for hydroxylation is 2. The van der Waals surface area contributed by atoms with Crippen LogP contribution in [0.5, 0.6) is 0 Å². The summed E-state index contributed by atoms with van der Waals surface area (Å²) in [4.78, 5) is 32.0. The highest BCUT2D eigenvalue weighted by atomic mass is 32.2. The maximum atomic E-state index is 13.0. The molecular weight excluding hydrogens is 358 g/mol. The smallest absolute Gasteiger partial charge is 0.244 e. The fourth-order valence-corrected chi connectivity index (χ4v) is 4.62. The van der Waals surface area contributed by atoms with E-state index in [0.717, 1.165) is 27.7 Å². The number of hydrogen-bond donors (Lipinski definition) is 1. The Kier molecular flexibility index (Phi) is 5.47. The Bertz CT molecular complexity index is 889. The van der Waals surface area contributed by atoms with Gasteiger partial charge < -0.3 is 10.2 Å². The Morgan fingerprint density at radius 2 is 1.96 bits per heavy atom. The number of carbonyl (C=O) groups is 2. The molecule has 2 heterocycles. The number of carbonyl (C=O) groups excluding carboxylic acids is 2. The van der Waals surface area contributed by atoms with Crippen LogP contribution in [0, 0.1) is 13.8 Å². The van der Waals surface area contributed by atoms with E-state index >= 15 is 0 Å². The average molecular weight is 386 g/mol. The molecule has 144 valence electrons. The van der Waals surface area contributed by atoms with Crippen LogP contribution >= 0.6 is 11.8 Å². The van der Waals surface area contributed by atoms with Gasteiger partial charge in [0.15, 0.2) is 0 Å². The maximum Gasteiger partial charge on any atom is 0.244 e. The molecule has 3 rings (SSSR count). The predicted octanol–water partition coefficient (Wildman–Crippen LogP) is 3.21. The molecule has 0 bridgehead atoms. The highest BCUT2D eigenvalue weighted by Crippen LogP contribution is 2.26. The van der Waals surface area contributed by atoms with Crippen LogP contribution in [0.15, 0.2) is 24.3 Å². The van der Waals surface area contributed by atoms with E-state index in [1.807, 2.05) is 58.9 Å². The summed E-state index contributed by atoms with van der Waals surface area (Å²) in [7, 11) is 0. The number of nitrogens with one attached hydrogen (secondary N) is 1. The second-order valence-electron chi connectivity index (χ2n) is 8.11. The molecule has 1 atom stereocenters. The van der Waals surface area contributed by atoms with E-state index in [1.165, 1.54) is 0 Å². The van der Waals surface area contributed by atoms with Gasteiger partial charge in [0.05, 0.1) is 17.8 Å². The van der Waals surface area contributed by atoms with Gasteiger partial charge >= 0.3 is 0 Å². The number of para-hydroxylation sites is 1. The van der Waals surface area contributed by atoms with Gasteiger partial charge in [0.2, 0.25) is 11.8 Å². The van der Waals surface area contributed by atoms with Crippen LogP contribution < -0.4 is 5.32 Å². The van der Waals surface area contributed by atoms with Crippen molar-refractivity contribution in [1.29, 1.82) is 0 Å². The van der Waals surface area contributed by atoms with Crippen LogP contribution in [-0.4, -0.2) is 44.9 Å². The molecule has 1 aromatic heterocycles. The van der Waals surface area contributed by atoms with E-state index in [9.17, 15) is 9.59 Å². The second kappa shape index (κ2) is 7.50. The van der Waals surface area contributed by atoms with Crippen molar-refractivity contribution >= 4 is 34.5 Å². The first kappa shape index (κ1) is 19.7. The monoisotopic (exact) mass is 385 g/mol. The number of hydrogen-bond acceptors (Lipinski definition) is 4. The highest BCUT2D eigenvalue weighted by molar-refractivity contribution is 7.99. The third-order valence-corrected chi connectivity index (χ3v) is 5.83. The summed E-state index contributed by atoms with van der Waals surface area (Å²) in [5.41, 5.74) is 3.57. The summed E-state index contributed by atoms with van der Waals surface area (Å²) < 4.78 is 0. The minimum absolute atomic E-state index is 0.0164. The molecule has 1 fully saturated rings. The van der Waals surface area contributed by atoms with Crippen molar-refractivity contribution in [3.63, 3.8) is 0 Å². The van der Waals surface area contributed by atoms with Crippen molar-refractivity contribution in [3.05, 3.63) is 41.1 Å². The van der Waals surface area contributed by atoms with Crippen molar-refractivity contribution in [3.8, 4) is 0 Å². The zero-order valence-corrected chi connectivity index (χ0v) is 17.4. The van der Waals surface area contributed by atoms with Crippen molar-refractivity contribution in [2.45, 2.75) is 52.6 Å². The van der Waals surface area contributed by atoms with E-state index in [2.05, 4.69) is 10.3 Å². The van der Waals surface area contributed by atoms with Gasteiger partial charge in [-0.1, -0.05) is 18.2 Å². The number of thioether (sulfide) groups is 1. The Morgan fingerprint density at radius 3 is 2.67 bits per heavy atom. The van der Waals surface area contributed by atoms with Gasteiger partial charge in [-0.05, 0) is 51.8 Å². The molecule has 1 N–H and O–H groups in total. The first-order valence-electron chi connectivity index (χ1n) is 9.21. The Labute approximate surface area is 164 Å². The number of fused-ring (bicyclic) bond motifs is 1. The second-order valence-corrected chi connectivity index (χ2v) is 9.11. The van der Waals surface area contributed by atoms with Crippen LogP contribution in [0.3, 0.4) is 0 Å². The Morgan fingerprint density at radius 1 is 1.26 bits per heavy atom. The lowest BCUT2D eigenvalue weighted by atomic mass is 9.99. The van der Waals surface area contributed by atoms with Gasteiger partial charge in [0.25, 0.3) is 0 Å². The number of amides is 2. The molecule has 0 saturated carbocycles. The van der Waals surface area contributed by atoms with E-state index in [4.69, 9.17) is 0 Å². The number of rotatable bonds is 3. The summed E-state index contributed by atoms with van der Waals surface area (Å²) in [6.07, 6.45) is 0.273. The molecule has 2 aromatic rings. The number of pyridine rings is 1. The Balaban J connectivity index is 1.83. The Hall–Kier alpha value is -2.08. The SMILES string of the molecule is Cc1nc2ccccc2c(C)c1CC(=O)N1CSCC1C(=O)NC(C)(C)C. The lowest BCUT2D eigenvalue weighted by Crippen LogP contribution is -2.52. The molecule has 1 aliphatic heterocycles. The minimum Gasteiger partial charge on any atom is -0.350 e. The molecule has 0 aliphatic carbocycles. The molecule has 1 saturated heterocycles. The van der Waals surface area contributed by atoms with Crippen LogP contribution in [0.1, 0.15) is 37.6 Å². The predicted molar refractivity (Wildman–Crippen MR) is 111 cm³/mol. The number of benzene rings is 1. The standard InChI is InChI=1S/C21H27N3O2S/c1-13-15-8-6-7-9-17(15)22-14(2)16(13)10-19(25)24-12-27-11-18(24)20(26)23-21(3,4)5/h6-9,18H,10-12H2,1-5H3,(H,23,26). The molecule has 5 nitrogen and oxygen atoms in total. The zero-order chi connectivity index (χ0) is 19.8. The minimum atomic E-state index is -0.407. The maximum absolute atomic E-state index is 13.0. The fourth-order valence-electron chi connectivity index (χ4n) is 3.44. The molecule has 1 aliphatic rings. The van der Waals surface area contributed by atoms with E-state index < -0.39 is 6.04 Å². The average Bonchev–Trinajstić information content (AvgIpc) is 3.07. The molecule has 0 radical (unpaired) electrons. The van der Waals surface area contributed by atoms with Gasteiger partial charge in [-0.25, -0.2) is 0 Å². The zero-order valence-electron chi connectivity index (χ0n) is 16.6. The lowest BCUT2D eigenvalue weighted by Gasteiger charge is -2.28. The van der Waals surface area contributed by atoms with Crippen molar-refractivity contribution in [1.82, 2.24) is 15.2 Å². The molecule has 1 unspecified atom stereocenters. The number of nitrogens with zero attached hydrogens (tertiary/aromatic N) is 2. The van der Waals surface area contributed by atoms with Gasteiger partial charge in [-0.15, -0.1) is 11.8 Å². The van der Waals surface area contributed by atoms with Crippen molar-refractivity contribution < 1.29 is 9.59 Å². The lowest BCUT2D eigenvalue weighted by molar-refractivity contribution is -0.138. The molecule has 6 heteroatoms. The molecular formula is C21H27N3O2S. The third kappa shape index (κ3) is 4.26. The first-order valence-corrected chi connectivity index (χ1v) is 10.4. The van der Waals surface area contributed by atoms with Gasteiger partial charge in [-0.3, -0.25) is 14.6 Å².